The number of alkyl carbamates (subject to hydrolysis) is 1. The Hall–Kier alpha value is -0.730. The molecule has 0 aliphatic carbocycles. The van der Waals surface area contributed by atoms with Crippen LogP contribution >= 0.6 is 0 Å². The molecule has 0 radical (unpaired) electrons. The van der Waals surface area contributed by atoms with E-state index in [4.69, 9.17) is 0 Å². The summed E-state index contributed by atoms with van der Waals surface area (Å²) in [7, 11) is 1.40. The molecule has 17 heavy (non-hydrogen) atoms. The Balaban J connectivity index is 0. The van der Waals surface area contributed by atoms with Crippen molar-refractivity contribution in [3.63, 3.8) is 0 Å². The van der Waals surface area contributed by atoms with Gasteiger partial charge in [-0.05, 0) is 25.2 Å². The predicted octanol–water partition coefficient (Wildman–Crippen LogP) is 4.36. The molecule has 0 spiro atoms. The highest BCUT2D eigenvalue weighted by Crippen LogP contribution is 2.32. The van der Waals surface area contributed by atoms with Crippen LogP contribution in [0, 0.1) is 5.41 Å². The maximum atomic E-state index is 11.1. The van der Waals surface area contributed by atoms with Gasteiger partial charge in [0, 0.05) is 6.04 Å². The molecule has 0 bridgehead atoms. The van der Waals surface area contributed by atoms with E-state index in [1.54, 1.807) is 0 Å². The predicted molar refractivity (Wildman–Crippen MR) is 74.3 cm³/mol. The summed E-state index contributed by atoms with van der Waals surface area (Å²) in [5.41, 5.74) is 0.171. The molecule has 0 heterocycles. The molecule has 0 rings (SSSR count). The fraction of sp³-hybridized carbons (Fsp3) is 0.929. The topological polar surface area (TPSA) is 38.3 Å². The standard InChI is InChI=1S/C12H25NO2.C2H6/c1-6-8-9-12(4,7-2)10(3)13-11(14)15-5;1-2/h10H,6-9H2,1-5H3,(H,13,14);1-2H3. The molecular formula is C14H31NO2. The lowest BCUT2D eigenvalue weighted by Gasteiger charge is -2.35. The maximum Gasteiger partial charge on any atom is 0.407 e. The first kappa shape index (κ1) is 18.6. The zero-order valence-corrected chi connectivity index (χ0v) is 12.7. The molecule has 104 valence electrons. The van der Waals surface area contributed by atoms with Gasteiger partial charge in [-0.2, -0.15) is 0 Å². The summed E-state index contributed by atoms with van der Waals surface area (Å²) in [5, 5.41) is 2.87. The SMILES string of the molecule is CC.CCCCC(C)(CC)C(C)NC(=O)OC. The molecule has 0 saturated carbocycles. The van der Waals surface area contributed by atoms with Gasteiger partial charge in [-0.15, -0.1) is 0 Å². The number of nitrogens with one attached hydrogen (secondary N) is 1. The Morgan fingerprint density at radius 3 is 2.24 bits per heavy atom. The Labute approximate surface area is 107 Å². The van der Waals surface area contributed by atoms with Gasteiger partial charge in [0.25, 0.3) is 0 Å². The number of carbonyl (C=O) groups is 1. The van der Waals surface area contributed by atoms with Crippen LogP contribution in [0.5, 0.6) is 0 Å². The van der Waals surface area contributed by atoms with Crippen molar-refractivity contribution in [3.8, 4) is 0 Å². The van der Waals surface area contributed by atoms with Crippen LogP contribution in [-0.4, -0.2) is 19.2 Å². The number of hydrogen-bond donors (Lipinski definition) is 1. The molecular weight excluding hydrogens is 214 g/mol. The third kappa shape index (κ3) is 7.24. The second-order valence-electron chi connectivity index (χ2n) is 4.47. The zero-order valence-electron chi connectivity index (χ0n) is 12.7. The van der Waals surface area contributed by atoms with Crippen LogP contribution in [0.15, 0.2) is 0 Å². The Bertz CT molecular complexity index is 195. The van der Waals surface area contributed by atoms with E-state index in [0.717, 1.165) is 12.8 Å². The molecule has 0 saturated heterocycles. The van der Waals surface area contributed by atoms with Gasteiger partial charge in [0.1, 0.15) is 0 Å². The monoisotopic (exact) mass is 245 g/mol. The summed E-state index contributed by atoms with van der Waals surface area (Å²) >= 11 is 0. The highest BCUT2D eigenvalue weighted by atomic mass is 16.5. The van der Waals surface area contributed by atoms with E-state index in [0.29, 0.717) is 0 Å². The van der Waals surface area contributed by atoms with Crippen LogP contribution in [0.4, 0.5) is 4.79 Å². The molecule has 0 aromatic carbocycles. The van der Waals surface area contributed by atoms with Gasteiger partial charge < -0.3 is 10.1 Å². The van der Waals surface area contributed by atoms with Crippen LogP contribution in [0.1, 0.15) is 67.2 Å². The summed E-state index contributed by atoms with van der Waals surface area (Å²) in [4.78, 5) is 11.1. The lowest BCUT2D eigenvalue weighted by atomic mass is 9.76. The molecule has 1 amide bonds. The molecule has 2 unspecified atom stereocenters. The van der Waals surface area contributed by atoms with Crippen molar-refractivity contribution in [2.45, 2.75) is 73.3 Å². The van der Waals surface area contributed by atoms with E-state index in [2.05, 4.69) is 37.7 Å². The second kappa shape index (κ2) is 10.4. The molecule has 0 aliphatic rings. The summed E-state index contributed by atoms with van der Waals surface area (Å²) in [6, 6.07) is 0.154. The summed E-state index contributed by atoms with van der Waals surface area (Å²) in [6.07, 6.45) is 4.28. The van der Waals surface area contributed by atoms with E-state index in [-0.39, 0.29) is 17.6 Å². The minimum absolute atomic E-state index is 0.154. The zero-order chi connectivity index (χ0) is 13.9. The van der Waals surface area contributed by atoms with Crippen molar-refractivity contribution in [2.75, 3.05) is 7.11 Å². The molecule has 1 N–H and O–H groups in total. The van der Waals surface area contributed by atoms with Gasteiger partial charge in [0.2, 0.25) is 0 Å². The second-order valence-corrected chi connectivity index (χ2v) is 4.47. The molecule has 0 aromatic rings. The van der Waals surface area contributed by atoms with Crippen molar-refractivity contribution in [1.82, 2.24) is 5.32 Å². The van der Waals surface area contributed by atoms with Crippen LogP contribution in [0.2, 0.25) is 0 Å². The third-order valence-corrected chi connectivity index (χ3v) is 3.47. The maximum absolute atomic E-state index is 11.1. The van der Waals surface area contributed by atoms with Gasteiger partial charge in [-0.3, -0.25) is 0 Å². The molecule has 3 heteroatoms. The van der Waals surface area contributed by atoms with Crippen molar-refractivity contribution >= 4 is 6.09 Å². The number of methoxy groups -OCH3 is 1. The molecule has 3 nitrogen and oxygen atoms in total. The van der Waals surface area contributed by atoms with Crippen LogP contribution < -0.4 is 5.32 Å². The quantitative estimate of drug-likeness (QED) is 0.755. The largest absolute Gasteiger partial charge is 0.453 e. The van der Waals surface area contributed by atoms with E-state index in [9.17, 15) is 4.79 Å². The first-order valence-corrected chi connectivity index (χ1v) is 6.84. The molecule has 0 aromatic heterocycles. The first-order valence-electron chi connectivity index (χ1n) is 6.84. The minimum Gasteiger partial charge on any atom is -0.453 e. The average molecular weight is 245 g/mol. The van der Waals surface area contributed by atoms with Gasteiger partial charge in [-0.1, -0.05) is 47.5 Å². The van der Waals surface area contributed by atoms with Crippen molar-refractivity contribution < 1.29 is 9.53 Å². The molecule has 0 fully saturated rings. The van der Waals surface area contributed by atoms with Gasteiger partial charge in [-0.25, -0.2) is 4.79 Å². The fourth-order valence-corrected chi connectivity index (χ4v) is 1.69. The van der Waals surface area contributed by atoms with E-state index in [1.165, 1.54) is 20.0 Å². The highest BCUT2D eigenvalue weighted by molar-refractivity contribution is 5.67. The van der Waals surface area contributed by atoms with Gasteiger partial charge in [0.05, 0.1) is 7.11 Å². The van der Waals surface area contributed by atoms with E-state index < -0.39 is 0 Å². The average Bonchev–Trinajstić information content (AvgIpc) is 2.37. The van der Waals surface area contributed by atoms with Gasteiger partial charge in [0.15, 0.2) is 0 Å². The lowest BCUT2D eigenvalue weighted by molar-refractivity contribution is 0.143. The Morgan fingerprint density at radius 2 is 1.88 bits per heavy atom. The minimum atomic E-state index is -0.335. The van der Waals surface area contributed by atoms with Crippen LogP contribution in [0.25, 0.3) is 0 Å². The number of ether oxygens (including phenoxy) is 1. The Kier molecular flexibility index (Phi) is 11.4. The Morgan fingerprint density at radius 1 is 1.35 bits per heavy atom. The number of amides is 1. The first-order chi connectivity index (χ1) is 8.00. The molecule has 2 atom stereocenters. The van der Waals surface area contributed by atoms with Crippen LogP contribution in [-0.2, 0) is 4.74 Å². The van der Waals surface area contributed by atoms with E-state index in [1.807, 2.05) is 13.8 Å². The third-order valence-electron chi connectivity index (χ3n) is 3.47. The smallest absolute Gasteiger partial charge is 0.407 e. The van der Waals surface area contributed by atoms with Crippen LogP contribution in [0.3, 0.4) is 0 Å². The number of unbranched alkanes of at least 4 members (excludes halogenated alkanes) is 1. The number of rotatable bonds is 6. The fourth-order valence-electron chi connectivity index (χ4n) is 1.69. The summed E-state index contributed by atoms with van der Waals surface area (Å²) in [6.45, 7) is 12.6. The van der Waals surface area contributed by atoms with Crippen molar-refractivity contribution in [1.29, 1.82) is 0 Å². The summed E-state index contributed by atoms with van der Waals surface area (Å²) in [5.74, 6) is 0. The lowest BCUT2D eigenvalue weighted by Crippen LogP contribution is -2.44. The van der Waals surface area contributed by atoms with E-state index >= 15 is 0 Å². The highest BCUT2D eigenvalue weighted by Gasteiger charge is 2.29. The normalized spacial score (nSPS) is 15.0. The van der Waals surface area contributed by atoms with Crippen molar-refractivity contribution in [2.24, 2.45) is 5.41 Å². The molecule has 0 aliphatic heterocycles. The van der Waals surface area contributed by atoms with Crippen molar-refractivity contribution in [3.05, 3.63) is 0 Å². The number of carbonyl (C=O) groups excluding carboxylic acids is 1. The van der Waals surface area contributed by atoms with Gasteiger partial charge >= 0.3 is 6.09 Å². The summed E-state index contributed by atoms with van der Waals surface area (Å²) < 4.78 is 4.61. The number of hydrogen-bond acceptors (Lipinski definition) is 2.